The van der Waals surface area contributed by atoms with Crippen LogP contribution in [0.5, 0.6) is 0 Å². The molecule has 13 heavy (non-hydrogen) atoms. The van der Waals surface area contributed by atoms with Crippen molar-refractivity contribution < 1.29 is 17.3 Å². The van der Waals surface area contributed by atoms with E-state index in [9.17, 15) is 17.3 Å². The van der Waals surface area contributed by atoms with E-state index in [0.29, 0.717) is 5.56 Å². The molecule has 0 radical (unpaired) electrons. The fourth-order valence-corrected chi connectivity index (χ4v) is 0.794. The second-order valence-electron chi connectivity index (χ2n) is 2.54. The van der Waals surface area contributed by atoms with Crippen LogP contribution in [-0.2, 0) is 0 Å². The highest BCUT2D eigenvalue weighted by atomic mass is 19.4. The summed E-state index contributed by atoms with van der Waals surface area (Å²) in [6.07, 6.45) is 0.916. The third kappa shape index (κ3) is 3.78. The van der Waals surface area contributed by atoms with Gasteiger partial charge in [0.1, 0.15) is 5.82 Å². The summed E-state index contributed by atoms with van der Waals surface area (Å²) in [6.45, 7) is -4.91. The molecule has 1 rings (SSSR count). The molecule has 0 aliphatic heterocycles. The second kappa shape index (κ2) is 3.64. The number of hydrogen-bond donors (Lipinski definition) is 0. The average Bonchev–Trinajstić information content (AvgIpc) is 2.02. The molecule has 0 saturated carbocycles. The van der Waals surface area contributed by atoms with Crippen LogP contribution in [-0.4, -0.2) is 6.98 Å². The molecule has 70 valence electrons. The van der Waals surface area contributed by atoms with Crippen molar-refractivity contribution in [3.05, 3.63) is 41.6 Å². The van der Waals surface area contributed by atoms with Gasteiger partial charge < -0.3 is 12.9 Å². The second-order valence-corrected chi connectivity index (χ2v) is 2.54. The zero-order chi connectivity index (χ0) is 9.90. The van der Waals surface area contributed by atoms with Gasteiger partial charge in [0.2, 0.25) is 0 Å². The van der Waals surface area contributed by atoms with Crippen LogP contribution in [0.2, 0.25) is 0 Å². The lowest BCUT2D eigenvalue weighted by Gasteiger charge is -2.05. The van der Waals surface area contributed by atoms with Gasteiger partial charge in [-0.15, -0.1) is 5.98 Å². The van der Waals surface area contributed by atoms with Crippen LogP contribution in [0.4, 0.5) is 17.3 Å². The molecule has 0 heterocycles. The van der Waals surface area contributed by atoms with Gasteiger partial charge in [-0.1, -0.05) is 18.2 Å². The van der Waals surface area contributed by atoms with Crippen LogP contribution in [0.25, 0.3) is 6.08 Å². The first-order chi connectivity index (χ1) is 5.97. The first kappa shape index (κ1) is 9.83. The van der Waals surface area contributed by atoms with Gasteiger partial charge in [0.25, 0.3) is 0 Å². The van der Waals surface area contributed by atoms with E-state index in [1.165, 1.54) is 12.1 Å². The summed E-state index contributed by atoms with van der Waals surface area (Å²) in [5.74, 6) is -0.289. The van der Waals surface area contributed by atoms with Crippen LogP contribution in [0.1, 0.15) is 5.56 Å². The van der Waals surface area contributed by atoms with Crippen LogP contribution < -0.4 is 0 Å². The maximum absolute atomic E-state index is 12.3. The number of hydrogen-bond acceptors (Lipinski definition) is 0. The molecule has 5 heteroatoms. The maximum atomic E-state index is 12.3. The summed E-state index contributed by atoms with van der Waals surface area (Å²) in [4.78, 5) is 0. The monoisotopic (exact) mass is 189 g/mol. The first-order valence-corrected chi connectivity index (χ1v) is 3.62. The zero-order valence-electron chi connectivity index (χ0n) is 6.55. The minimum atomic E-state index is -4.91. The van der Waals surface area contributed by atoms with Crippen LogP contribution in [0.3, 0.4) is 0 Å². The van der Waals surface area contributed by atoms with Crippen LogP contribution >= 0.6 is 0 Å². The van der Waals surface area contributed by atoms with E-state index in [1.807, 2.05) is 0 Å². The molecule has 0 unspecified atom stereocenters. The molecule has 0 N–H and O–H groups in total. The standard InChI is InChI=1S/C8H6BF4/c10-8-3-1-7(2-4-8)5-6-9(11,12)13/h1-6H/q-1. The number of benzene rings is 1. The fraction of sp³-hybridized carbons (Fsp3) is 0. The molecule has 1 aromatic rings. The van der Waals surface area contributed by atoms with Crippen LogP contribution in [0, 0.1) is 5.82 Å². The highest BCUT2D eigenvalue weighted by molar-refractivity contribution is 6.64. The van der Waals surface area contributed by atoms with Gasteiger partial charge >= 0.3 is 6.98 Å². The minimum Gasteiger partial charge on any atom is -0.445 e. The van der Waals surface area contributed by atoms with Gasteiger partial charge in [-0.05, 0) is 17.7 Å². The Morgan fingerprint density at radius 2 is 1.54 bits per heavy atom. The molecule has 0 aromatic heterocycles. The molecule has 0 nitrogen and oxygen atoms in total. The Balaban J connectivity index is 2.75. The Labute approximate surface area is 72.9 Å². The number of halogens is 4. The third-order valence-electron chi connectivity index (χ3n) is 1.38. The summed E-state index contributed by atoms with van der Waals surface area (Å²) in [5, 5.41) is 0. The summed E-state index contributed by atoms with van der Waals surface area (Å²) in [6, 6.07) is 4.80. The largest absolute Gasteiger partial charge is 0.502 e. The minimum absolute atomic E-state index is 0.174. The van der Waals surface area contributed by atoms with Crippen molar-refractivity contribution in [3.63, 3.8) is 0 Å². The smallest absolute Gasteiger partial charge is 0.445 e. The predicted molar refractivity (Wildman–Crippen MR) is 44.5 cm³/mol. The summed E-state index contributed by atoms with van der Waals surface area (Å²) >= 11 is 0. The Bertz CT molecular complexity index is 299. The number of rotatable bonds is 2. The van der Waals surface area contributed by atoms with Gasteiger partial charge in [0.05, 0.1) is 0 Å². The van der Waals surface area contributed by atoms with Crippen LogP contribution in [0.15, 0.2) is 30.2 Å². The van der Waals surface area contributed by atoms with Gasteiger partial charge in [-0.3, -0.25) is 0 Å². The van der Waals surface area contributed by atoms with E-state index < -0.39 is 12.8 Å². The molecule has 0 atom stereocenters. The lowest BCUT2D eigenvalue weighted by Crippen LogP contribution is -2.09. The molecule has 0 fully saturated rings. The van der Waals surface area contributed by atoms with Crippen molar-refractivity contribution in [2.75, 3.05) is 0 Å². The Kier molecular flexibility index (Phi) is 2.75. The predicted octanol–water partition coefficient (Wildman–Crippen LogP) is 3.23. The van der Waals surface area contributed by atoms with E-state index >= 15 is 0 Å². The molecule has 0 saturated heterocycles. The van der Waals surface area contributed by atoms with E-state index in [2.05, 4.69) is 0 Å². The fourth-order valence-electron chi connectivity index (χ4n) is 0.794. The molecule has 0 amide bonds. The lowest BCUT2D eigenvalue weighted by atomic mass is 9.91. The van der Waals surface area contributed by atoms with Crippen molar-refractivity contribution in [2.24, 2.45) is 0 Å². The maximum Gasteiger partial charge on any atom is 0.502 e. The summed E-state index contributed by atoms with van der Waals surface area (Å²) < 4.78 is 47.5. The normalized spacial score (nSPS) is 12.3. The van der Waals surface area contributed by atoms with E-state index in [-0.39, 0.29) is 5.98 Å². The SMILES string of the molecule is Fc1ccc(C=C[B-](F)(F)F)cc1. The molecular weight excluding hydrogens is 183 g/mol. The Morgan fingerprint density at radius 3 is 2.00 bits per heavy atom. The van der Waals surface area contributed by atoms with Gasteiger partial charge in [-0.2, -0.15) is 0 Å². The average molecular weight is 189 g/mol. The summed E-state index contributed by atoms with van der Waals surface area (Å²) in [5.41, 5.74) is 0.334. The van der Waals surface area contributed by atoms with E-state index in [0.717, 1.165) is 18.2 Å². The lowest BCUT2D eigenvalue weighted by molar-refractivity contribution is 0.499. The molecule has 0 bridgehead atoms. The highest BCUT2D eigenvalue weighted by Gasteiger charge is 2.16. The molecule has 0 spiro atoms. The summed E-state index contributed by atoms with van der Waals surface area (Å²) in [7, 11) is 0. The van der Waals surface area contributed by atoms with Gasteiger partial charge in [0, 0.05) is 0 Å². The quantitative estimate of drug-likeness (QED) is 0.494. The topological polar surface area (TPSA) is 0 Å². The van der Waals surface area contributed by atoms with Crippen molar-refractivity contribution in [2.45, 2.75) is 0 Å². The van der Waals surface area contributed by atoms with Crippen molar-refractivity contribution in [1.29, 1.82) is 0 Å². The Morgan fingerprint density at radius 1 is 1.00 bits per heavy atom. The highest BCUT2D eigenvalue weighted by Crippen LogP contribution is 2.13. The third-order valence-corrected chi connectivity index (χ3v) is 1.38. The van der Waals surface area contributed by atoms with Crippen molar-refractivity contribution in [1.82, 2.24) is 0 Å². The van der Waals surface area contributed by atoms with Crippen molar-refractivity contribution in [3.8, 4) is 0 Å². The van der Waals surface area contributed by atoms with Crippen molar-refractivity contribution >= 4 is 13.1 Å². The zero-order valence-corrected chi connectivity index (χ0v) is 6.55. The first-order valence-electron chi connectivity index (χ1n) is 3.62. The Hall–Kier alpha value is -1.26. The van der Waals surface area contributed by atoms with Gasteiger partial charge in [-0.25, -0.2) is 4.39 Å². The van der Waals surface area contributed by atoms with Gasteiger partial charge in [0.15, 0.2) is 0 Å². The molecule has 0 aliphatic carbocycles. The molecule has 1 aromatic carbocycles. The molecular formula is C8H6BF4-. The van der Waals surface area contributed by atoms with E-state index in [1.54, 1.807) is 0 Å². The molecule has 0 aliphatic rings. The van der Waals surface area contributed by atoms with E-state index in [4.69, 9.17) is 0 Å².